The Morgan fingerprint density at radius 3 is 1.69 bits per heavy atom. The van der Waals surface area contributed by atoms with Crippen LogP contribution in [0.15, 0.2) is 0 Å². The third kappa shape index (κ3) is 2.60. The summed E-state index contributed by atoms with van der Waals surface area (Å²) in [6.07, 6.45) is 2.88. The molecule has 2 heterocycles. The van der Waals surface area contributed by atoms with Crippen LogP contribution in [0.1, 0.15) is 40.5 Å². The van der Waals surface area contributed by atoms with Gasteiger partial charge in [-0.1, -0.05) is 0 Å². The fraction of sp³-hybridized carbons (Fsp3) is 1.00. The Bertz CT molecular complexity index is 211. The van der Waals surface area contributed by atoms with Crippen molar-refractivity contribution in [1.82, 2.24) is 9.80 Å². The molecular formula is C14H28N2. The average molecular weight is 224 g/mol. The van der Waals surface area contributed by atoms with Crippen molar-refractivity contribution in [2.24, 2.45) is 11.8 Å². The van der Waals surface area contributed by atoms with Gasteiger partial charge in [-0.2, -0.15) is 0 Å². The summed E-state index contributed by atoms with van der Waals surface area (Å²) in [6.45, 7) is 14.7. The molecule has 0 radical (unpaired) electrons. The van der Waals surface area contributed by atoms with Crippen LogP contribution in [0.5, 0.6) is 0 Å². The molecule has 0 aromatic heterocycles. The molecule has 0 saturated carbocycles. The Kier molecular flexibility index (Phi) is 3.91. The molecule has 0 aromatic rings. The van der Waals surface area contributed by atoms with E-state index in [0.29, 0.717) is 0 Å². The topological polar surface area (TPSA) is 6.48 Å². The van der Waals surface area contributed by atoms with Gasteiger partial charge in [0.05, 0.1) is 0 Å². The molecule has 2 nitrogen and oxygen atoms in total. The van der Waals surface area contributed by atoms with E-state index in [9.17, 15) is 0 Å². The van der Waals surface area contributed by atoms with Gasteiger partial charge >= 0.3 is 0 Å². The SMILES string of the molecule is CC(C)N1CCC(C2CN(C(C)C)C2)CC1. The van der Waals surface area contributed by atoms with Crippen LogP contribution in [-0.4, -0.2) is 48.1 Å². The summed E-state index contributed by atoms with van der Waals surface area (Å²) >= 11 is 0. The van der Waals surface area contributed by atoms with Gasteiger partial charge in [-0.05, 0) is 65.5 Å². The minimum atomic E-state index is 0.745. The third-order valence-electron chi connectivity index (χ3n) is 4.64. The lowest BCUT2D eigenvalue weighted by Gasteiger charge is -2.48. The fourth-order valence-corrected chi connectivity index (χ4v) is 3.18. The molecule has 2 fully saturated rings. The number of hydrogen-bond donors (Lipinski definition) is 0. The van der Waals surface area contributed by atoms with E-state index in [0.717, 1.165) is 23.9 Å². The lowest BCUT2D eigenvalue weighted by Crippen LogP contribution is -2.54. The lowest BCUT2D eigenvalue weighted by molar-refractivity contribution is 0.00492. The predicted molar refractivity (Wildman–Crippen MR) is 69.6 cm³/mol. The van der Waals surface area contributed by atoms with Gasteiger partial charge in [0, 0.05) is 25.2 Å². The normalized spacial score (nSPS) is 26.6. The molecule has 0 aromatic carbocycles. The maximum Gasteiger partial charge on any atom is 0.00388 e. The second kappa shape index (κ2) is 5.05. The highest BCUT2D eigenvalue weighted by molar-refractivity contribution is 4.89. The van der Waals surface area contributed by atoms with Gasteiger partial charge in [-0.15, -0.1) is 0 Å². The van der Waals surface area contributed by atoms with Crippen LogP contribution in [0, 0.1) is 11.8 Å². The van der Waals surface area contributed by atoms with Crippen molar-refractivity contribution in [2.45, 2.75) is 52.6 Å². The van der Waals surface area contributed by atoms with Crippen LogP contribution in [-0.2, 0) is 0 Å². The highest BCUT2D eigenvalue weighted by Gasteiger charge is 2.36. The summed E-state index contributed by atoms with van der Waals surface area (Å²) in [5.74, 6) is 2.03. The number of rotatable bonds is 3. The van der Waals surface area contributed by atoms with Gasteiger partial charge in [0.25, 0.3) is 0 Å². The van der Waals surface area contributed by atoms with Crippen LogP contribution in [0.3, 0.4) is 0 Å². The number of likely N-dealkylation sites (tertiary alicyclic amines) is 2. The molecule has 2 aliphatic rings. The van der Waals surface area contributed by atoms with Crippen LogP contribution in [0.25, 0.3) is 0 Å². The minimum Gasteiger partial charge on any atom is -0.301 e. The molecule has 0 amide bonds. The zero-order valence-electron chi connectivity index (χ0n) is 11.4. The van der Waals surface area contributed by atoms with Crippen LogP contribution < -0.4 is 0 Å². The molecule has 2 saturated heterocycles. The molecule has 0 unspecified atom stereocenters. The molecular weight excluding hydrogens is 196 g/mol. The van der Waals surface area contributed by atoms with Crippen molar-refractivity contribution in [3.8, 4) is 0 Å². The molecule has 0 N–H and O–H groups in total. The summed E-state index contributed by atoms with van der Waals surface area (Å²) < 4.78 is 0. The minimum absolute atomic E-state index is 0.745. The first-order chi connectivity index (χ1) is 7.58. The smallest absolute Gasteiger partial charge is 0.00388 e. The zero-order valence-corrected chi connectivity index (χ0v) is 11.4. The van der Waals surface area contributed by atoms with Crippen molar-refractivity contribution >= 4 is 0 Å². The zero-order chi connectivity index (χ0) is 11.7. The van der Waals surface area contributed by atoms with Gasteiger partial charge in [0.15, 0.2) is 0 Å². The maximum absolute atomic E-state index is 2.63. The summed E-state index contributed by atoms with van der Waals surface area (Å²) in [4.78, 5) is 5.24. The maximum atomic E-state index is 2.63. The Morgan fingerprint density at radius 1 is 0.750 bits per heavy atom. The number of piperidine rings is 1. The van der Waals surface area contributed by atoms with E-state index in [2.05, 4.69) is 37.5 Å². The van der Waals surface area contributed by atoms with E-state index < -0.39 is 0 Å². The highest BCUT2D eigenvalue weighted by atomic mass is 15.2. The van der Waals surface area contributed by atoms with Crippen molar-refractivity contribution in [2.75, 3.05) is 26.2 Å². The monoisotopic (exact) mass is 224 g/mol. The molecule has 2 aliphatic heterocycles. The standard InChI is InChI=1S/C14H28N2/c1-11(2)15-7-5-13(6-8-15)14-9-16(10-14)12(3)4/h11-14H,5-10H2,1-4H3. The lowest BCUT2D eigenvalue weighted by atomic mass is 9.79. The molecule has 0 spiro atoms. The molecule has 0 atom stereocenters. The first-order valence-corrected chi connectivity index (χ1v) is 7.06. The summed E-state index contributed by atoms with van der Waals surface area (Å²) in [5.41, 5.74) is 0. The van der Waals surface area contributed by atoms with Crippen molar-refractivity contribution in [3.63, 3.8) is 0 Å². The van der Waals surface area contributed by atoms with Crippen LogP contribution in [0.4, 0.5) is 0 Å². The van der Waals surface area contributed by atoms with Crippen molar-refractivity contribution in [3.05, 3.63) is 0 Å². The van der Waals surface area contributed by atoms with E-state index in [1.165, 1.54) is 39.0 Å². The largest absolute Gasteiger partial charge is 0.301 e. The molecule has 0 aliphatic carbocycles. The molecule has 0 bridgehead atoms. The second-order valence-electron chi connectivity index (χ2n) is 6.27. The number of hydrogen-bond acceptors (Lipinski definition) is 2. The van der Waals surface area contributed by atoms with E-state index in [4.69, 9.17) is 0 Å². The Labute approximate surface area is 101 Å². The van der Waals surface area contributed by atoms with E-state index in [-0.39, 0.29) is 0 Å². The van der Waals surface area contributed by atoms with Gasteiger partial charge in [0.2, 0.25) is 0 Å². The van der Waals surface area contributed by atoms with Gasteiger partial charge in [-0.3, -0.25) is 0 Å². The first-order valence-electron chi connectivity index (χ1n) is 7.06. The Morgan fingerprint density at radius 2 is 1.25 bits per heavy atom. The first kappa shape index (κ1) is 12.4. The average Bonchev–Trinajstić information content (AvgIpc) is 2.15. The molecule has 2 heteroatoms. The second-order valence-corrected chi connectivity index (χ2v) is 6.27. The summed E-state index contributed by atoms with van der Waals surface area (Å²) in [7, 11) is 0. The highest BCUT2D eigenvalue weighted by Crippen LogP contribution is 2.32. The number of nitrogens with zero attached hydrogens (tertiary/aromatic N) is 2. The van der Waals surface area contributed by atoms with E-state index >= 15 is 0 Å². The van der Waals surface area contributed by atoms with Gasteiger partial charge < -0.3 is 9.80 Å². The van der Waals surface area contributed by atoms with Crippen LogP contribution >= 0.6 is 0 Å². The molecule has 2 rings (SSSR count). The van der Waals surface area contributed by atoms with Gasteiger partial charge in [-0.25, -0.2) is 0 Å². The quantitative estimate of drug-likeness (QED) is 0.726. The predicted octanol–water partition coefficient (Wildman–Crippen LogP) is 2.45. The fourth-order valence-electron chi connectivity index (χ4n) is 3.18. The summed E-state index contributed by atoms with van der Waals surface area (Å²) in [6, 6.07) is 1.50. The molecule has 94 valence electrons. The van der Waals surface area contributed by atoms with Crippen molar-refractivity contribution in [1.29, 1.82) is 0 Å². The van der Waals surface area contributed by atoms with E-state index in [1.54, 1.807) is 0 Å². The third-order valence-corrected chi connectivity index (χ3v) is 4.64. The molecule has 16 heavy (non-hydrogen) atoms. The van der Waals surface area contributed by atoms with E-state index in [1.807, 2.05) is 0 Å². The van der Waals surface area contributed by atoms with Gasteiger partial charge in [0.1, 0.15) is 0 Å². The summed E-state index contributed by atoms with van der Waals surface area (Å²) in [5, 5.41) is 0. The van der Waals surface area contributed by atoms with Crippen LogP contribution in [0.2, 0.25) is 0 Å². The Hall–Kier alpha value is -0.0800. The Balaban J connectivity index is 1.71. The van der Waals surface area contributed by atoms with Crippen molar-refractivity contribution < 1.29 is 0 Å².